The van der Waals surface area contributed by atoms with Gasteiger partial charge in [0.25, 0.3) is 0 Å². The fourth-order valence-corrected chi connectivity index (χ4v) is 1.15. The molecular formula is C10H16N4O2. The summed E-state index contributed by atoms with van der Waals surface area (Å²) in [7, 11) is 0. The first-order valence-electron chi connectivity index (χ1n) is 5.07. The number of urea groups is 1. The molecule has 0 spiro atoms. The molecule has 1 aromatic rings. The van der Waals surface area contributed by atoms with Gasteiger partial charge in [0, 0.05) is 6.54 Å². The Morgan fingerprint density at radius 2 is 2.44 bits per heavy atom. The normalized spacial score (nSPS) is 9.81. The number of nitrogens with zero attached hydrogens (tertiary/aromatic N) is 1. The van der Waals surface area contributed by atoms with Crippen molar-refractivity contribution in [2.45, 2.75) is 19.9 Å². The molecule has 0 saturated heterocycles. The summed E-state index contributed by atoms with van der Waals surface area (Å²) in [5.74, 6) is 0.284. The van der Waals surface area contributed by atoms with Gasteiger partial charge >= 0.3 is 6.03 Å². The number of hydrogen-bond acceptors (Lipinski definition) is 3. The van der Waals surface area contributed by atoms with E-state index in [2.05, 4.69) is 5.32 Å². The number of amides is 2. The third-order valence-corrected chi connectivity index (χ3v) is 1.96. The van der Waals surface area contributed by atoms with E-state index < -0.39 is 0 Å². The van der Waals surface area contributed by atoms with Gasteiger partial charge in [-0.05, 0) is 18.6 Å². The van der Waals surface area contributed by atoms with E-state index in [1.807, 2.05) is 6.92 Å². The molecule has 0 aliphatic carbocycles. The van der Waals surface area contributed by atoms with Crippen molar-refractivity contribution in [1.82, 2.24) is 10.2 Å². The van der Waals surface area contributed by atoms with Crippen LogP contribution in [0.5, 0.6) is 0 Å². The molecule has 0 aromatic carbocycles. The first-order valence-corrected chi connectivity index (χ1v) is 5.07. The summed E-state index contributed by atoms with van der Waals surface area (Å²) < 4.78 is 5.09. The number of hydrogen-bond donors (Lipinski definition) is 3. The molecule has 1 heterocycles. The molecule has 0 aliphatic heterocycles. The van der Waals surface area contributed by atoms with E-state index >= 15 is 0 Å². The summed E-state index contributed by atoms with van der Waals surface area (Å²) in [4.78, 5) is 12.7. The highest BCUT2D eigenvalue weighted by molar-refractivity contribution is 5.93. The summed E-state index contributed by atoms with van der Waals surface area (Å²) in [5.41, 5.74) is 5.33. The maximum absolute atomic E-state index is 11.6. The zero-order valence-corrected chi connectivity index (χ0v) is 9.19. The topological polar surface area (TPSA) is 95.4 Å². The lowest BCUT2D eigenvalue weighted by Crippen LogP contribution is -2.46. The molecule has 0 unspecified atom stereocenters. The molecule has 0 radical (unpaired) electrons. The highest BCUT2D eigenvalue weighted by atomic mass is 16.3. The van der Waals surface area contributed by atoms with Crippen LogP contribution in [0, 0.1) is 5.41 Å². The van der Waals surface area contributed by atoms with Crippen molar-refractivity contribution in [2.24, 2.45) is 5.73 Å². The molecule has 6 nitrogen and oxygen atoms in total. The summed E-state index contributed by atoms with van der Waals surface area (Å²) in [6, 6.07) is 3.06. The predicted molar refractivity (Wildman–Crippen MR) is 59.9 cm³/mol. The van der Waals surface area contributed by atoms with Crippen molar-refractivity contribution < 1.29 is 9.21 Å². The highest BCUT2D eigenvalue weighted by Crippen LogP contribution is 2.05. The number of carbonyl (C=O) groups excluding carboxylic acids is 1. The number of furan rings is 1. The molecule has 2 amide bonds. The number of nitrogens with two attached hydrogens (primary N) is 1. The summed E-state index contributed by atoms with van der Waals surface area (Å²) in [6.07, 6.45) is 2.34. The van der Waals surface area contributed by atoms with Crippen LogP contribution in [0.2, 0.25) is 0 Å². The van der Waals surface area contributed by atoms with Gasteiger partial charge in [-0.25, -0.2) is 4.79 Å². The first kappa shape index (κ1) is 12.1. The van der Waals surface area contributed by atoms with E-state index in [0.717, 1.165) is 11.3 Å². The minimum absolute atomic E-state index is 0.165. The molecule has 0 aliphatic rings. The second-order valence-corrected chi connectivity index (χ2v) is 3.28. The molecule has 4 N–H and O–H groups in total. The molecule has 1 aromatic heterocycles. The lowest BCUT2D eigenvalue weighted by molar-refractivity contribution is 0.216. The van der Waals surface area contributed by atoms with E-state index in [1.165, 1.54) is 6.26 Å². The Morgan fingerprint density at radius 1 is 1.69 bits per heavy atom. The maximum Gasteiger partial charge on any atom is 0.324 e. The van der Waals surface area contributed by atoms with Gasteiger partial charge in [-0.3, -0.25) is 10.3 Å². The number of guanidine groups is 1. The predicted octanol–water partition coefficient (Wildman–Crippen LogP) is 1.09. The number of nitrogens with one attached hydrogen (secondary N) is 2. The lowest BCUT2D eigenvalue weighted by Gasteiger charge is -2.19. The van der Waals surface area contributed by atoms with Crippen LogP contribution in [0.15, 0.2) is 22.8 Å². The lowest BCUT2D eigenvalue weighted by atomic mass is 10.4. The molecule has 0 saturated carbocycles. The Balaban J connectivity index is 2.60. The van der Waals surface area contributed by atoms with Gasteiger partial charge in [-0.15, -0.1) is 0 Å². The van der Waals surface area contributed by atoms with Crippen LogP contribution in [0.25, 0.3) is 0 Å². The van der Waals surface area contributed by atoms with Crippen LogP contribution in [-0.2, 0) is 6.54 Å². The maximum atomic E-state index is 11.6. The van der Waals surface area contributed by atoms with Crippen LogP contribution in [0.1, 0.15) is 19.1 Å². The van der Waals surface area contributed by atoms with Crippen molar-refractivity contribution in [1.29, 1.82) is 5.41 Å². The first-order chi connectivity index (χ1) is 7.65. The molecule has 16 heavy (non-hydrogen) atoms. The largest absolute Gasteiger partial charge is 0.467 e. The quantitative estimate of drug-likeness (QED) is 0.527. The van der Waals surface area contributed by atoms with Crippen molar-refractivity contribution in [3.05, 3.63) is 24.2 Å². The Kier molecular flexibility index (Phi) is 4.38. The van der Waals surface area contributed by atoms with Crippen LogP contribution >= 0.6 is 0 Å². The van der Waals surface area contributed by atoms with Crippen LogP contribution < -0.4 is 11.1 Å². The third kappa shape index (κ3) is 3.30. The smallest absolute Gasteiger partial charge is 0.324 e. The fraction of sp³-hybridized carbons (Fsp3) is 0.400. The third-order valence-electron chi connectivity index (χ3n) is 1.96. The van der Waals surface area contributed by atoms with Crippen molar-refractivity contribution in [3.8, 4) is 0 Å². The molecule has 0 atom stereocenters. The van der Waals surface area contributed by atoms with Crippen LogP contribution in [-0.4, -0.2) is 23.4 Å². The Labute approximate surface area is 93.9 Å². The minimum Gasteiger partial charge on any atom is -0.467 e. The number of carbonyl (C=O) groups is 1. The molecule has 6 heteroatoms. The second-order valence-electron chi connectivity index (χ2n) is 3.28. The second kappa shape index (κ2) is 5.79. The SMILES string of the molecule is CCCNC(=O)N(Cc1ccco1)C(=N)N. The van der Waals surface area contributed by atoms with Gasteiger partial charge in [0.15, 0.2) is 5.96 Å². The zero-order chi connectivity index (χ0) is 12.0. The summed E-state index contributed by atoms with van der Waals surface area (Å²) in [5, 5.41) is 9.97. The van der Waals surface area contributed by atoms with Crippen molar-refractivity contribution >= 4 is 12.0 Å². The highest BCUT2D eigenvalue weighted by Gasteiger charge is 2.17. The Morgan fingerprint density at radius 3 is 2.94 bits per heavy atom. The average molecular weight is 224 g/mol. The minimum atomic E-state index is -0.384. The monoisotopic (exact) mass is 224 g/mol. The zero-order valence-electron chi connectivity index (χ0n) is 9.19. The Hall–Kier alpha value is -1.98. The number of rotatable bonds is 4. The van der Waals surface area contributed by atoms with E-state index in [1.54, 1.807) is 12.1 Å². The van der Waals surface area contributed by atoms with Crippen molar-refractivity contribution in [2.75, 3.05) is 6.54 Å². The van der Waals surface area contributed by atoms with E-state index in [-0.39, 0.29) is 18.5 Å². The van der Waals surface area contributed by atoms with E-state index in [9.17, 15) is 4.79 Å². The molecule has 0 fully saturated rings. The van der Waals surface area contributed by atoms with Gasteiger partial charge in [0.1, 0.15) is 5.76 Å². The summed E-state index contributed by atoms with van der Waals surface area (Å²) >= 11 is 0. The van der Waals surface area contributed by atoms with Crippen LogP contribution in [0.3, 0.4) is 0 Å². The Bertz CT molecular complexity index is 348. The van der Waals surface area contributed by atoms with Gasteiger partial charge in [-0.1, -0.05) is 6.92 Å². The van der Waals surface area contributed by atoms with Gasteiger partial charge in [-0.2, -0.15) is 0 Å². The van der Waals surface area contributed by atoms with Gasteiger partial charge in [0.2, 0.25) is 0 Å². The molecule has 1 rings (SSSR count). The summed E-state index contributed by atoms with van der Waals surface area (Å²) in [6.45, 7) is 2.67. The van der Waals surface area contributed by atoms with E-state index in [0.29, 0.717) is 12.3 Å². The van der Waals surface area contributed by atoms with E-state index in [4.69, 9.17) is 15.6 Å². The van der Waals surface area contributed by atoms with Crippen molar-refractivity contribution in [3.63, 3.8) is 0 Å². The average Bonchev–Trinajstić information content (AvgIpc) is 2.74. The molecule has 0 bridgehead atoms. The van der Waals surface area contributed by atoms with Gasteiger partial charge in [0.05, 0.1) is 12.8 Å². The molecular weight excluding hydrogens is 208 g/mol. The van der Waals surface area contributed by atoms with Gasteiger partial charge < -0.3 is 15.5 Å². The molecule has 88 valence electrons. The standard InChI is InChI=1S/C10H16N4O2/c1-2-5-13-10(15)14(9(11)12)7-8-4-3-6-16-8/h3-4,6H,2,5,7H2,1H3,(H3,11,12)(H,13,15). The van der Waals surface area contributed by atoms with Crippen LogP contribution in [0.4, 0.5) is 4.79 Å². The fourth-order valence-electron chi connectivity index (χ4n) is 1.15.